The minimum Gasteiger partial charge on any atom is -0.493 e. The van der Waals surface area contributed by atoms with Gasteiger partial charge >= 0.3 is 5.97 Å². The molecule has 1 unspecified atom stereocenters. The van der Waals surface area contributed by atoms with Crippen molar-refractivity contribution in [2.75, 3.05) is 6.61 Å². The summed E-state index contributed by atoms with van der Waals surface area (Å²) >= 11 is 0. The summed E-state index contributed by atoms with van der Waals surface area (Å²) in [4.78, 5) is 11.4. The van der Waals surface area contributed by atoms with E-state index in [4.69, 9.17) is 4.74 Å². The molecule has 0 amide bonds. The molecule has 0 spiro atoms. The van der Waals surface area contributed by atoms with Crippen LogP contribution in [0.3, 0.4) is 0 Å². The summed E-state index contributed by atoms with van der Waals surface area (Å²) in [6.07, 6.45) is 2.37. The average molecular weight is 281 g/mol. The van der Waals surface area contributed by atoms with E-state index in [0.29, 0.717) is 18.2 Å². The summed E-state index contributed by atoms with van der Waals surface area (Å²) in [6.45, 7) is 3.72. The van der Waals surface area contributed by atoms with Crippen molar-refractivity contribution in [1.29, 1.82) is 0 Å². The fourth-order valence-corrected chi connectivity index (χ4v) is 2.01. The van der Waals surface area contributed by atoms with Gasteiger partial charge < -0.3 is 9.84 Å². The van der Waals surface area contributed by atoms with Crippen LogP contribution >= 0.6 is 0 Å². The molecule has 4 nitrogen and oxygen atoms in total. The monoisotopic (exact) mass is 281 g/mol. The zero-order chi connectivity index (χ0) is 14.8. The molecule has 1 aromatic rings. The van der Waals surface area contributed by atoms with Crippen molar-refractivity contribution < 1.29 is 19.0 Å². The lowest BCUT2D eigenvalue weighted by Gasteiger charge is -2.26. The number of nitrogens with one attached hydrogen (secondary N) is 1. The second-order valence-electron chi connectivity index (χ2n) is 5.56. The summed E-state index contributed by atoms with van der Waals surface area (Å²) in [5, 5.41) is 12.5. The summed E-state index contributed by atoms with van der Waals surface area (Å²) in [5.41, 5.74) is -0.166. The largest absolute Gasteiger partial charge is 0.493 e. The lowest BCUT2D eigenvalue weighted by Crippen LogP contribution is -2.51. The number of aliphatic carboxylic acids is 1. The molecule has 1 aliphatic rings. The van der Waals surface area contributed by atoms with Crippen molar-refractivity contribution in [2.24, 2.45) is 0 Å². The van der Waals surface area contributed by atoms with Gasteiger partial charge in [0.2, 0.25) is 0 Å². The molecule has 0 bridgehead atoms. The van der Waals surface area contributed by atoms with E-state index in [1.807, 2.05) is 6.92 Å². The van der Waals surface area contributed by atoms with Crippen molar-refractivity contribution in [1.82, 2.24) is 5.32 Å². The van der Waals surface area contributed by atoms with Crippen LogP contribution in [0.4, 0.5) is 4.39 Å². The second-order valence-corrected chi connectivity index (χ2v) is 5.56. The fourth-order valence-electron chi connectivity index (χ4n) is 2.01. The molecule has 20 heavy (non-hydrogen) atoms. The molecular weight excluding hydrogens is 261 g/mol. The predicted molar refractivity (Wildman–Crippen MR) is 73.4 cm³/mol. The zero-order valence-electron chi connectivity index (χ0n) is 11.8. The minimum atomic E-state index is -0.998. The molecule has 0 radical (unpaired) electrons. The first-order valence-corrected chi connectivity index (χ1v) is 6.81. The van der Waals surface area contributed by atoms with E-state index in [-0.39, 0.29) is 12.4 Å². The van der Waals surface area contributed by atoms with Crippen molar-refractivity contribution in [3.8, 4) is 5.75 Å². The maximum atomic E-state index is 13.1. The zero-order valence-corrected chi connectivity index (χ0v) is 11.8. The summed E-state index contributed by atoms with van der Waals surface area (Å²) in [7, 11) is 0. The van der Waals surface area contributed by atoms with E-state index in [2.05, 4.69) is 5.32 Å². The van der Waals surface area contributed by atoms with Gasteiger partial charge in [0.05, 0.1) is 6.61 Å². The number of hydrogen-bond donors (Lipinski definition) is 2. The van der Waals surface area contributed by atoms with Crippen LogP contribution in [-0.2, 0) is 4.79 Å². The van der Waals surface area contributed by atoms with E-state index in [1.165, 1.54) is 12.1 Å². The molecule has 1 aromatic carbocycles. The van der Waals surface area contributed by atoms with Crippen LogP contribution in [0, 0.1) is 12.7 Å². The van der Waals surface area contributed by atoms with Crippen molar-refractivity contribution in [2.45, 2.75) is 44.7 Å². The maximum absolute atomic E-state index is 13.1. The highest BCUT2D eigenvalue weighted by atomic mass is 19.1. The van der Waals surface area contributed by atoms with Gasteiger partial charge in [0.15, 0.2) is 0 Å². The first kappa shape index (κ1) is 14.8. The number of carboxylic acid groups (broad SMARTS) is 1. The Morgan fingerprint density at radius 1 is 1.55 bits per heavy atom. The van der Waals surface area contributed by atoms with Gasteiger partial charge in [0.1, 0.15) is 17.1 Å². The molecule has 1 aliphatic carbocycles. The topological polar surface area (TPSA) is 58.6 Å². The molecule has 0 heterocycles. The number of halogens is 1. The molecule has 2 N–H and O–H groups in total. The van der Waals surface area contributed by atoms with Gasteiger partial charge in [0.25, 0.3) is 0 Å². The number of ether oxygens (including phenoxy) is 1. The summed E-state index contributed by atoms with van der Waals surface area (Å²) in [6, 6.07) is 4.63. The molecule has 1 saturated carbocycles. The molecule has 5 heteroatoms. The number of carboxylic acids is 1. The van der Waals surface area contributed by atoms with Gasteiger partial charge in [-0.3, -0.25) is 10.1 Å². The van der Waals surface area contributed by atoms with Crippen molar-refractivity contribution in [3.05, 3.63) is 29.6 Å². The summed E-state index contributed by atoms with van der Waals surface area (Å²) < 4.78 is 18.7. The Morgan fingerprint density at radius 3 is 2.85 bits per heavy atom. The van der Waals surface area contributed by atoms with E-state index in [0.717, 1.165) is 18.4 Å². The lowest BCUT2D eigenvalue weighted by molar-refractivity contribution is -0.144. The Kier molecular flexibility index (Phi) is 4.28. The molecule has 0 saturated heterocycles. The van der Waals surface area contributed by atoms with E-state index in [9.17, 15) is 14.3 Å². The predicted octanol–water partition coefficient (Wildman–Crippen LogP) is 2.50. The van der Waals surface area contributed by atoms with Crippen molar-refractivity contribution in [3.63, 3.8) is 0 Å². The molecule has 1 atom stereocenters. The number of carbonyl (C=O) groups is 1. The highest BCUT2D eigenvalue weighted by molar-refractivity contribution is 5.78. The minimum absolute atomic E-state index is 0.229. The molecule has 0 aromatic heterocycles. The molecule has 0 aliphatic heterocycles. The van der Waals surface area contributed by atoms with E-state index < -0.39 is 11.5 Å². The van der Waals surface area contributed by atoms with Crippen LogP contribution in [0.15, 0.2) is 18.2 Å². The molecule has 110 valence electrons. The fraction of sp³-hybridized carbons (Fsp3) is 0.533. The third-order valence-corrected chi connectivity index (χ3v) is 3.58. The second kappa shape index (κ2) is 5.79. The number of aryl methyl sites for hydroxylation is 1. The lowest BCUT2D eigenvalue weighted by atomic mass is 9.98. The average Bonchev–Trinajstić information content (AvgIpc) is 3.17. The maximum Gasteiger partial charge on any atom is 0.323 e. The van der Waals surface area contributed by atoms with E-state index >= 15 is 0 Å². The quantitative estimate of drug-likeness (QED) is 0.806. The van der Waals surface area contributed by atoms with Gasteiger partial charge in [-0.2, -0.15) is 0 Å². The van der Waals surface area contributed by atoms with Crippen LogP contribution < -0.4 is 10.1 Å². The molecule has 2 rings (SSSR count). The Bertz CT molecular complexity index is 502. The van der Waals surface area contributed by atoms with Crippen LogP contribution in [0.25, 0.3) is 0 Å². The first-order chi connectivity index (χ1) is 9.40. The smallest absolute Gasteiger partial charge is 0.323 e. The Morgan fingerprint density at radius 2 is 2.25 bits per heavy atom. The van der Waals surface area contributed by atoms with Gasteiger partial charge in [-0.15, -0.1) is 0 Å². The van der Waals surface area contributed by atoms with E-state index in [1.54, 1.807) is 13.0 Å². The van der Waals surface area contributed by atoms with Gasteiger partial charge in [-0.1, -0.05) is 6.07 Å². The third-order valence-electron chi connectivity index (χ3n) is 3.58. The van der Waals surface area contributed by atoms with Crippen LogP contribution in [0.1, 0.15) is 31.7 Å². The van der Waals surface area contributed by atoms with Crippen LogP contribution in [0.2, 0.25) is 0 Å². The van der Waals surface area contributed by atoms with Gasteiger partial charge in [0, 0.05) is 18.5 Å². The SMILES string of the molecule is Cc1ccc(F)cc1OCCC(C)(NC1CC1)C(=O)O. The van der Waals surface area contributed by atoms with Crippen molar-refractivity contribution >= 4 is 5.97 Å². The number of rotatable bonds is 7. The highest BCUT2D eigenvalue weighted by Crippen LogP contribution is 2.25. The Balaban J connectivity index is 1.92. The Hall–Kier alpha value is -1.62. The molecular formula is C15H20FNO3. The first-order valence-electron chi connectivity index (χ1n) is 6.81. The normalized spacial score (nSPS) is 17.6. The molecule has 1 fully saturated rings. The number of hydrogen-bond acceptors (Lipinski definition) is 3. The highest BCUT2D eigenvalue weighted by Gasteiger charge is 2.38. The van der Waals surface area contributed by atoms with Crippen LogP contribution in [0.5, 0.6) is 5.75 Å². The van der Waals surface area contributed by atoms with Gasteiger partial charge in [-0.05, 0) is 38.3 Å². The summed E-state index contributed by atoms with van der Waals surface area (Å²) in [5.74, 6) is -0.782. The third kappa shape index (κ3) is 3.70. The van der Waals surface area contributed by atoms with Crippen LogP contribution in [-0.4, -0.2) is 29.3 Å². The Labute approximate surface area is 117 Å². The standard InChI is InChI=1S/C15H20FNO3/c1-10-3-4-11(16)9-13(10)20-8-7-15(2,14(18)19)17-12-5-6-12/h3-4,9,12,17H,5-8H2,1-2H3,(H,18,19). The number of benzene rings is 1. The van der Waals surface area contributed by atoms with Gasteiger partial charge in [-0.25, -0.2) is 4.39 Å².